The van der Waals surface area contributed by atoms with Gasteiger partial charge in [-0.15, -0.1) is 0 Å². The Hall–Kier alpha value is -2.09. The third-order valence-corrected chi connectivity index (χ3v) is 3.53. The summed E-state index contributed by atoms with van der Waals surface area (Å²) in [5.41, 5.74) is 2.89. The molecule has 0 aliphatic rings. The van der Waals surface area contributed by atoms with E-state index in [-0.39, 0.29) is 5.97 Å². The quantitative estimate of drug-likeness (QED) is 0.592. The number of aryl methyl sites for hydroxylation is 1. The van der Waals surface area contributed by atoms with Crippen LogP contribution < -0.4 is 4.74 Å². The summed E-state index contributed by atoms with van der Waals surface area (Å²) in [5, 5.41) is 0. The maximum atomic E-state index is 12.0. The number of hydrogen-bond acceptors (Lipinski definition) is 2. The zero-order chi connectivity index (χ0) is 14.5. The molecule has 0 saturated heterocycles. The lowest BCUT2D eigenvalue weighted by Crippen LogP contribution is -2.08. The third kappa shape index (κ3) is 3.47. The molecule has 104 valence electrons. The standard InChI is InChI=1S/C18H20O2/c1-4-14(3)15-8-10-17(11-9-15)20-18(19)16-7-5-6-13(2)12-16/h5-12,14H,4H2,1-3H3. The summed E-state index contributed by atoms with van der Waals surface area (Å²) in [6.07, 6.45) is 1.10. The molecule has 0 bridgehead atoms. The minimum Gasteiger partial charge on any atom is -0.423 e. The summed E-state index contributed by atoms with van der Waals surface area (Å²) < 4.78 is 5.38. The lowest BCUT2D eigenvalue weighted by molar-refractivity contribution is 0.0734. The van der Waals surface area contributed by atoms with Gasteiger partial charge in [-0.2, -0.15) is 0 Å². The summed E-state index contributed by atoms with van der Waals surface area (Å²) in [7, 11) is 0. The number of hydrogen-bond donors (Lipinski definition) is 0. The van der Waals surface area contributed by atoms with Crippen LogP contribution in [0.2, 0.25) is 0 Å². The molecular formula is C18H20O2. The lowest BCUT2D eigenvalue weighted by atomic mass is 9.99. The molecule has 0 saturated carbocycles. The first-order valence-electron chi connectivity index (χ1n) is 6.99. The van der Waals surface area contributed by atoms with E-state index in [1.807, 2.05) is 49.4 Å². The molecule has 0 amide bonds. The Balaban J connectivity index is 2.08. The Morgan fingerprint density at radius 1 is 1.15 bits per heavy atom. The van der Waals surface area contributed by atoms with Crippen LogP contribution in [-0.4, -0.2) is 5.97 Å². The van der Waals surface area contributed by atoms with Crippen LogP contribution in [0.4, 0.5) is 0 Å². The van der Waals surface area contributed by atoms with E-state index in [4.69, 9.17) is 4.74 Å². The fourth-order valence-electron chi connectivity index (χ4n) is 2.04. The van der Waals surface area contributed by atoms with E-state index in [0.29, 0.717) is 17.2 Å². The molecule has 0 spiro atoms. The number of carbonyl (C=O) groups excluding carboxylic acids is 1. The van der Waals surface area contributed by atoms with Crippen molar-refractivity contribution in [3.8, 4) is 5.75 Å². The maximum Gasteiger partial charge on any atom is 0.343 e. The molecule has 2 aromatic rings. The van der Waals surface area contributed by atoms with Crippen molar-refractivity contribution in [3.05, 3.63) is 65.2 Å². The van der Waals surface area contributed by atoms with Crippen molar-refractivity contribution in [2.75, 3.05) is 0 Å². The summed E-state index contributed by atoms with van der Waals surface area (Å²) in [4.78, 5) is 12.0. The van der Waals surface area contributed by atoms with Crippen LogP contribution in [-0.2, 0) is 0 Å². The fraction of sp³-hybridized carbons (Fsp3) is 0.278. The Kier molecular flexibility index (Phi) is 4.57. The SMILES string of the molecule is CCC(C)c1ccc(OC(=O)c2cccc(C)c2)cc1. The molecule has 0 N–H and O–H groups in total. The van der Waals surface area contributed by atoms with E-state index >= 15 is 0 Å². The second-order valence-corrected chi connectivity index (χ2v) is 5.14. The predicted molar refractivity (Wildman–Crippen MR) is 81.3 cm³/mol. The average molecular weight is 268 g/mol. The minimum absolute atomic E-state index is 0.315. The van der Waals surface area contributed by atoms with Gasteiger partial charge in [-0.1, -0.05) is 43.7 Å². The van der Waals surface area contributed by atoms with Gasteiger partial charge in [-0.05, 0) is 49.1 Å². The van der Waals surface area contributed by atoms with E-state index in [0.717, 1.165) is 12.0 Å². The molecule has 2 heteroatoms. The Morgan fingerprint density at radius 3 is 2.45 bits per heavy atom. The van der Waals surface area contributed by atoms with Gasteiger partial charge in [0.05, 0.1) is 5.56 Å². The predicted octanol–water partition coefficient (Wildman–Crippen LogP) is 4.73. The third-order valence-electron chi connectivity index (χ3n) is 3.53. The molecule has 2 rings (SSSR count). The molecule has 20 heavy (non-hydrogen) atoms. The molecular weight excluding hydrogens is 248 g/mol. The van der Waals surface area contributed by atoms with E-state index < -0.39 is 0 Å². The monoisotopic (exact) mass is 268 g/mol. The van der Waals surface area contributed by atoms with Crippen LogP contribution in [0.3, 0.4) is 0 Å². The topological polar surface area (TPSA) is 26.3 Å². The van der Waals surface area contributed by atoms with E-state index in [1.54, 1.807) is 6.07 Å². The molecule has 2 aromatic carbocycles. The number of esters is 1. The molecule has 0 fully saturated rings. The van der Waals surface area contributed by atoms with E-state index in [1.165, 1.54) is 5.56 Å². The van der Waals surface area contributed by atoms with Gasteiger partial charge in [-0.3, -0.25) is 0 Å². The van der Waals surface area contributed by atoms with Crippen LogP contribution in [0.5, 0.6) is 5.75 Å². The lowest BCUT2D eigenvalue weighted by Gasteiger charge is -2.10. The summed E-state index contributed by atoms with van der Waals surface area (Å²) in [6.45, 7) is 6.31. The van der Waals surface area contributed by atoms with Gasteiger partial charge < -0.3 is 4.74 Å². The van der Waals surface area contributed by atoms with Gasteiger partial charge in [0.2, 0.25) is 0 Å². The number of benzene rings is 2. The van der Waals surface area contributed by atoms with E-state index in [9.17, 15) is 4.79 Å². The molecule has 0 aliphatic heterocycles. The van der Waals surface area contributed by atoms with Crippen molar-refractivity contribution in [1.82, 2.24) is 0 Å². The maximum absolute atomic E-state index is 12.0. The highest BCUT2D eigenvalue weighted by Gasteiger charge is 2.09. The van der Waals surface area contributed by atoms with Crippen LogP contribution in [0.1, 0.15) is 47.7 Å². The van der Waals surface area contributed by atoms with Gasteiger partial charge in [0, 0.05) is 0 Å². The van der Waals surface area contributed by atoms with Gasteiger partial charge >= 0.3 is 5.97 Å². The average Bonchev–Trinajstić information content (AvgIpc) is 2.47. The minimum atomic E-state index is -0.315. The molecule has 0 heterocycles. The Morgan fingerprint density at radius 2 is 1.85 bits per heavy atom. The highest BCUT2D eigenvalue weighted by Crippen LogP contribution is 2.22. The Labute approximate surface area is 120 Å². The number of carbonyl (C=O) groups is 1. The van der Waals surface area contributed by atoms with Crippen molar-refractivity contribution < 1.29 is 9.53 Å². The normalized spacial score (nSPS) is 11.9. The van der Waals surface area contributed by atoms with Crippen molar-refractivity contribution in [2.45, 2.75) is 33.1 Å². The van der Waals surface area contributed by atoms with Gasteiger partial charge in [0.25, 0.3) is 0 Å². The van der Waals surface area contributed by atoms with Gasteiger partial charge in [0.1, 0.15) is 5.75 Å². The van der Waals surface area contributed by atoms with Crippen molar-refractivity contribution in [2.24, 2.45) is 0 Å². The first-order chi connectivity index (χ1) is 9.60. The van der Waals surface area contributed by atoms with Crippen molar-refractivity contribution >= 4 is 5.97 Å². The highest BCUT2D eigenvalue weighted by atomic mass is 16.5. The van der Waals surface area contributed by atoms with Gasteiger partial charge in [-0.25, -0.2) is 4.79 Å². The summed E-state index contributed by atoms with van der Waals surface area (Å²) in [6, 6.07) is 15.2. The van der Waals surface area contributed by atoms with Crippen LogP contribution in [0.15, 0.2) is 48.5 Å². The molecule has 2 nitrogen and oxygen atoms in total. The fourth-order valence-corrected chi connectivity index (χ4v) is 2.04. The molecule has 1 unspecified atom stereocenters. The van der Waals surface area contributed by atoms with Crippen molar-refractivity contribution in [1.29, 1.82) is 0 Å². The van der Waals surface area contributed by atoms with Crippen LogP contribution in [0.25, 0.3) is 0 Å². The summed E-state index contributed by atoms with van der Waals surface area (Å²) in [5.74, 6) is 0.796. The smallest absolute Gasteiger partial charge is 0.343 e. The molecule has 0 aliphatic carbocycles. The van der Waals surface area contributed by atoms with Crippen LogP contribution >= 0.6 is 0 Å². The molecule has 0 radical (unpaired) electrons. The Bertz CT molecular complexity index is 585. The zero-order valence-electron chi connectivity index (χ0n) is 12.2. The van der Waals surface area contributed by atoms with E-state index in [2.05, 4.69) is 13.8 Å². The molecule has 0 aromatic heterocycles. The number of rotatable bonds is 4. The second-order valence-electron chi connectivity index (χ2n) is 5.14. The zero-order valence-corrected chi connectivity index (χ0v) is 12.2. The molecule has 1 atom stereocenters. The largest absolute Gasteiger partial charge is 0.423 e. The first kappa shape index (κ1) is 14.3. The second kappa shape index (κ2) is 6.38. The van der Waals surface area contributed by atoms with Crippen LogP contribution in [0, 0.1) is 6.92 Å². The number of ether oxygens (including phenoxy) is 1. The van der Waals surface area contributed by atoms with Crippen molar-refractivity contribution in [3.63, 3.8) is 0 Å². The van der Waals surface area contributed by atoms with Gasteiger partial charge in [0.15, 0.2) is 0 Å². The summed E-state index contributed by atoms with van der Waals surface area (Å²) >= 11 is 0. The first-order valence-corrected chi connectivity index (χ1v) is 6.99. The highest BCUT2D eigenvalue weighted by molar-refractivity contribution is 5.91.